The normalized spacial score (nSPS) is 21.3. The number of fused-ring (bicyclic) bond motifs is 1. The van der Waals surface area contributed by atoms with E-state index in [0.717, 1.165) is 62.3 Å². The van der Waals surface area contributed by atoms with Gasteiger partial charge in [0.05, 0.1) is 0 Å². The second kappa shape index (κ2) is 7.02. The molecule has 2 aliphatic rings. The van der Waals surface area contributed by atoms with E-state index in [1.54, 1.807) is 0 Å². The predicted octanol–water partition coefficient (Wildman–Crippen LogP) is 3.28. The molecular formula is C19H27N5O. The molecule has 0 bridgehead atoms. The minimum absolute atomic E-state index is 0.102. The van der Waals surface area contributed by atoms with Crippen molar-refractivity contribution in [1.29, 1.82) is 0 Å². The number of likely N-dealkylation sites (tertiary alicyclic amines) is 1. The first kappa shape index (κ1) is 16.4. The van der Waals surface area contributed by atoms with Gasteiger partial charge in [0.1, 0.15) is 11.3 Å². The molecule has 1 aliphatic heterocycles. The maximum absolute atomic E-state index is 12.5. The molecule has 134 valence electrons. The van der Waals surface area contributed by atoms with Gasteiger partial charge in [0, 0.05) is 37.8 Å². The van der Waals surface area contributed by atoms with E-state index in [0.29, 0.717) is 12.0 Å². The lowest BCUT2D eigenvalue weighted by Crippen LogP contribution is -2.42. The van der Waals surface area contributed by atoms with Crippen LogP contribution in [0.1, 0.15) is 57.2 Å². The van der Waals surface area contributed by atoms with Crippen LogP contribution in [0.5, 0.6) is 0 Å². The highest BCUT2D eigenvalue weighted by Crippen LogP contribution is 2.29. The first-order valence-electron chi connectivity index (χ1n) is 9.63. The molecule has 3 heterocycles. The topological polar surface area (TPSA) is 63.1 Å². The van der Waals surface area contributed by atoms with Gasteiger partial charge in [0.15, 0.2) is 5.65 Å². The first-order chi connectivity index (χ1) is 12.3. The molecule has 4 rings (SSSR count). The van der Waals surface area contributed by atoms with E-state index >= 15 is 0 Å². The number of hydrogen-bond donors (Lipinski definition) is 1. The van der Waals surface area contributed by atoms with Gasteiger partial charge in [-0.3, -0.25) is 0 Å². The van der Waals surface area contributed by atoms with Crippen molar-refractivity contribution in [3.63, 3.8) is 0 Å². The molecule has 25 heavy (non-hydrogen) atoms. The lowest BCUT2D eigenvalue weighted by atomic mass is 10.1. The molecule has 2 aromatic rings. The molecule has 6 heteroatoms. The minimum atomic E-state index is 0.102. The molecular weight excluding hydrogens is 314 g/mol. The number of nitrogens with zero attached hydrogens (tertiary/aromatic N) is 4. The van der Waals surface area contributed by atoms with E-state index in [-0.39, 0.29) is 6.03 Å². The number of nitrogens with one attached hydrogen (secondary N) is 1. The third-order valence-electron chi connectivity index (χ3n) is 5.50. The van der Waals surface area contributed by atoms with Crippen LogP contribution in [-0.2, 0) is 6.54 Å². The fourth-order valence-corrected chi connectivity index (χ4v) is 4.22. The molecule has 2 fully saturated rings. The van der Waals surface area contributed by atoms with Crippen molar-refractivity contribution in [2.75, 3.05) is 13.1 Å². The highest BCUT2D eigenvalue weighted by Gasteiger charge is 2.32. The molecule has 2 amide bonds. The lowest BCUT2D eigenvalue weighted by Gasteiger charge is -2.20. The number of rotatable bonds is 4. The van der Waals surface area contributed by atoms with Gasteiger partial charge in [-0.1, -0.05) is 19.8 Å². The monoisotopic (exact) mass is 341 g/mol. The molecule has 0 spiro atoms. The van der Waals surface area contributed by atoms with Gasteiger partial charge >= 0.3 is 6.03 Å². The minimum Gasteiger partial charge on any atom is -0.335 e. The maximum atomic E-state index is 12.5. The van der Waals surface area contributed by atoms with Gasteiger partial charge in [-0.05, 0) is 37.8 Å². The molecule has 0 radical (unpaired) electrons. The zero-order chi connectivity index (χ0) is 17.2. The first-order valence-corrected chi connectivity index (χ1v) is 9.63. The van der Waals surface area contributed by atoms with Crippen molar-refractivity contribution in [3.05, 3.63) is 24.2 Å². The van der Waals surface area contributed by atoms with Crippen LogP contribution in [0, 0.1) is 0 Å². The molecule has 0 unspecified atom stereocenters. The zero-order valence-electron chi connectivity index (χ0n) is 14.9. The summed E-state index contributed by atoms with van der Waals surface area (Å²) >= 11 is 0. The summed E-state index contributed by atoms with van der Waals surface area (Å²) in [5, 5.41) is 3.21. The van der Waals surface area contributed by atoms with Crippen LogP contribution in [-0.4, -0.2) is 44.6 Å². The predicted molar refractivity (Wildman–Crippen MR) is 97.5 cm³/mol. The Morgan fingerprint density at radius 2 is 2.16 bits per heavy atom. The molecule has 1 N–H and O–H groups in total. The number of urea groups is 1. The Hall–Kier alpha value is -2.11. The van der Waals surface area contributed by atoms with Crippen LogP contribution in [0.4, 0.5) is 4.79 Å². The Morgan fingerprint density at radius 1 is 1.32 bits per heavy atom. The summed E-state index contributed by atoms with van der Waals surface area (Å²) in [6.45, 7) is 4.67. The molecule has 1 aliphatic carbocycles. The average molecular weight is 341 g/mol. The Kier molecular flexibility index (Phi) is 4.59. The summed E-state index contributed by atoms with van der Waals surface area (Å²) in [5.74, 6) is 1.39. The van der Waals surface area contributed by atoms with Gasteiger partial charge in [0.25, 0.3) is 0 Å². The molecule has 0 aromatic carbocycles. The van der Waals surface area contributed by atoms with Crippen LogP contribution >= 0.6 is 0 Å². The second-order valence-electron chi connectivity index (χ2n) is 7.33. The van der Waals surface area contributed by atoms with E-state index in [2.05, 4.69) is 21.8 Å². The van der Waals surface area contributed by atoms with Crippen LogP contribution in [0.15, 0.2) is 18.3 Å². The Bertz CT molecular complexity index is 749. The fraction of sp³-hybridized carbons (Fsp3) is 0.632. The summed E-state index contributed by atoms with van der Waals surface area (Å²) < 4.78 is 2.25. The molecule has 2 aromatic heterocycles. The Balaban J connectivity index is 1.50. The summed E-state index contributed by atoms with van der Waals surface area (Å²) in [5.41, 5.74) is 1.92. The van der Waals surface area contributed by atoms with Crippen molar-refractivity contribution in [3.8, 4) is 0 Å². The summed E-state index contributed by atoms with van der Waals surface area (Å²) in [4.78, 5) is 23.9. The summed E-state index contributed by atoms with van der Waals surface area (Å²) in [7, 11) is 0. The van der Waals surface area contributed by atoms with Crippen molar-refractivity contribution >= 4 is 17.2 Å². The number of amides is 2. The summed E-state index contributed by atoms with van der Waals surface area (Å²) in [6, 6.07) is 4.44. The van der Waals surface area contributed by atoms with E-state index in [9.17, 15) is 4.79 Å². The van der Waals surface area contributed by atoms with Gasteiger partial charge in [-0.15, -0.1) is 0 Å². The van der Waals surface area contributed by atoms with E-state index in [1.807, 2.05) is 23.2 Å². The molecule has 1 saturated carbocycles. The Labute approximate surface area is 148 Å². The highest BCUT2D eigenvalue weighted by molar-refractivity contribution is 5.75. The highest BCUT2D eigenvalue weighted by atomic mass is 16.2. The number of imidazole rings is 1. The van der Waals surface area contributed by atoms with Crippen molar-refractivity contribution < 1.29 is 4.79 Å². The fourth-order valence-electron chi connectivity index (χ4n) is 4.22. The smallest absolute Gasteiger partial charge is 0.317 e. The second-order valence-corrected chi connectivity index (χ2v) is 7.33. The average Bonchev–Trinajstić information content (AvgIpc) is 3.34. The molecule has 6 nitrogen and oxygen atoms in total. The van der Waals surface area contributed by atoms with E-state index < -0.39 is 0 Å². The molecule has 1 atom stereocenters. The number of pyridine rings is 1. The van der Waals surface area contributed by atoms with Crippen LogP contribution in [0.25, 0.3) is 11.2 Å². The number of aromatic nitrogens is 3. The number of aryl methyl sites for hydroxylation is 1. The van der Waals surface area contributed by atoms with Crippen molar-refractivity contribution in [2.45, 2.75) is 64.0 Å². The zero-order valence-corrected chi connectivity index (χ0v) is 14.9. The SMILES string of the molecule is CCCn1c([C@H]2CCN(C(=O)NC3CCCC3)C2)nc2cccnc21. The lowest BCUT2D eigenvalue weighted by molar-refractivity contribution is 0.204. The third-order valence-corrected chi connectivity index (χ3v) is 5.50. The standard InChI is InChI=1S/C19H27N5O/c1-2-11-24-17(22-16-8-5-10-20-18(16)24)14-9-12-23(13-14)19(25)21-15-6-3-4-7-15/h5,8,10,14-15H,2-4,6-7,9,11-13H2,1H3,(H,21,25)/t14-/m0/s1. The summed E-state index contributed by atoms with van der Waals surface area (Å²) in [6.07, 6.45) is 8.58. The third kappa shape index (κ3) is 3.22. The molecule has 1 saturated heterocycles. The number of hydrogen-bond acceptors (Lipinski definition) is 3. The van der Waals surface area contributed by atoms with Gasteiger partial charge in [-0.2, -0.15) is 0 Å². The van der Waals surface area contributed by atoms with E-state index in [1.165, 1.54) is 12.8 Å². The van der Waals surface area contributed by atoms with Crippen LogP contribution in [0.2, 0.25) is 0 Å². The van der Waals surface area contributed by atoms with Crippen LogP contribution < -0.4 is 5.32 Å². The van der Waals surface area contributed by atoms with Gasteiger partial charge in [0.2, 0.25) is 0 Å². The van der Waals surface area contributed by atoms with E-state index in [4.69, 9.17) is 4.98 Å². The largest absolute Gasteiger partial charge is 0.335 e. The van der Waals surface area contributed by atoms with Gasteiger partial charge < -0.3 is 14.8 Å². The van der Waals surface area contributed by atoms with Crippen molar-refractivity contribution in [2.24, 2.45) is 0 Å². The number of carbonyl (C=O) groups excluding carboxylic acids is 1. The Morgan fingerprint density at radius 3 is 2.96 bits per heavy atom. The quantitative estimate of drug-likeness (QED) is 0.928. The van der Waals surface area contributed by atoms with Crippen molar-refractivity contribution in [1.82, 2.24) is 24.8 Å². The number of carbonyl (C=O) groups is 1. The van der Waals surface area contributed by atoms with Crippen LogP contribution in [0.3, 0.4) is 0 Å². The van der Waals surface area contributed by atoms with Gasteiger partial charge in [-0.25, -0.2) is 14.8 Å². The maximum Gasteiger partial charge on any atom is 0.317 e.